The third-order valence-electron chi connectivity index (χ3n) is 3.25. The SMILES string of the molecule is COc1cc(Br)cc(NC(=O)N2CCCCCC2)c1. The number of amides is 2. The minimum Gasteiger partial charge on any atom is -0.497 e. The summed E-state index contributed by atoms with van der Waals surface area (Å²) in [5, 5.41) is 2.93. The zero-order chi connectivity index (χ0) is 13.7. The molecule has 1 aliphatic rings. The Morgan fingerprint density at radius 2 is 1.89 bits per heavy atom. The molecule has 0 bridgehead atoms. The second-order valence-electron chi connectivity index (χ2n) is 4.71. The van der Waals surface area contributed by atoms with Crippen LogP contribution in [0.2, 0.25) is 0 Å². The van der Waals surface area contributed by atoms with Crippen LogP contribution < -0.4 is 10.1 Å². The molecule has 1 aromatic carbocycles. The van der Waals surface area contributed by atoms with Crippen molar-refractivity contribution in [3.8, 4) is 5.75 Å². The molecule has 0 aliphatic carbocycles. The van der Waals surface area contributed by atoms with Crippen LogP contribution >= 0.6 is 15.9 Å². The van der Waals surface area contributed by atoms with Gasteiger partial charge in [-0.25, -0.2) is 4.79 Å². The van der Waals surface area contributed by atoms with E-state index in [9.17, 15) is 4.79 Å². The minimum atomic E-state index is -0.0259. The second kappa shape index (κ2) is 6.80. The maximum Gasteiger partial charge on any atom is 0.321 e. The van der Waals surface area contributed by atoms with E-state index in [1.807, 2.05) is 23.1 Å². The summed E-state index contributed by atoms with van der Waals surface area (Å²) in [6, 6.07) is 5.53. The van der Waals surface area contributed by atoms with Crippen molar-refractivity contribution in [2.45, 2.75) is 25.7 Å². The van der Waals surface area contributed by atoms with Gasteiger partial charge in [0.05, 0.1) is 7.11 Å². The Morgan fingerprint density at radius 3 is 2.53 bits per heavy atom. The molecule has 0 aromatic heterocycles. The van der Waals surface area contributed by atoms with Crippen molar-refractivity contribution in [3.05, 3.63) is 22.7 Å². The molecule has 5 heteroatoms. The lowest BCUT2D eigenvalue weighted by molar-refractivity contribution is 0.214. The average Bonchev–Trinajstić information content (AvgIpc) is 2.66. The zero-order valence-corrected chi connectivity index (χ0v) is 12.7. The fraction of sp³-hybridized carbons (Fsp3) is 0.500. The van der Waals surface area contributed by atoms with Crippen LogP contribution in [0.15, 0.2) is 22.7 Å². The van der Waals surface area contributed by atoms with E-state index in [1.54, 1.807) is 7.11 Å². The number of methoxy groups -OCH3 is 1. The number of urea groups is 1. The number of benzene rings is 1. The van der Waals surface area contributed by atoms with Gasteiger partial charge in [0, 0.05) is 29.3 Å². The molecule has 19 heavy (non-hydrogen) atoms. The number of hydrogen-bond acceptors (Lipinski definition) is 2. The van der Waals surface area contributed by atoms with Gasteiger partial charge in [-0.1, -0.05) is 28.8 Å². The molecule has 104 valence electrons. The van der Waals surface area contributed by atoms with E-state index >= 15 is 0 Å². The Hall–Kier alpha value is -1.23. The molecule has 1 saturated heterocycles. The topological polar surface area (TPSA) is 41.6 Å². The monoisotopic (exact) mass is 326 g/mol. The summed E-state index contributed by atoms with van der Waals surface area (Å²) in [5.74, 6) is 0.723. The highest BCUT2D eigenvalue weighted by atomic mass is 79.9. The fourth-order valence-corrected chi connectivity index (χ4v) is 2.70. The largest absolute Gasteiger partial charge is 0.497 e. The van der Waals surface area contributed by atoms with Crippen LogP contribution in [0.25, 0.3) is 0 Å². The minimum absolute atomic E-state index is 0.0259. The molecule has 0 spiro atoms. The molecule has 1 heterocycles. The van der Waals surface area contributed by atoms with Crippen molar-refractivity contribution < 1.29 is 9.53 Å². The smallest absolute Gasteiger partial charge is 0.321 e. The van der Waals surface area contributed by atoms with E-state index in [0.717, 1.165) is 41.8 Å². The number of nitrogens with zero attached hydrogens (tertiary/aromatic N) is 1. The number of hydrogen-bond donors (Lipinski definition) is 1. The first kappa shape index (κ1) is 14.2. The highest BCUT2D eigenvalue weighted by molar-refractivity contribution is 9.10. The Morgan fingerprint density at radius 1 is 1.21 bits per heavy atom. The van der Waals surface area contributed by atoms with Gasteiger partial charge in [-0.3, -0.25) is 0 Å². The maximum atomic E-state index is 12.2. The highest BCUT2D eigenvalue weighted by Crippen LogP contribution is 2.25. The standard InChI is InChI=1S/C14H19BrN2O2/c1-19-13-9-11(15)8-12(10-13)16-14(18)17-6-4-2-3-5-7-17/h8-10H,2-7H2,1H3,(H,16,18). The third-order valence-corrected chi connectivity index (χ3v) is 3.71. The van der Waals surface area contributed by atoms with Gasteiger partial charge in [0.1, 0.15) is 5.75 Å². The molecule has 0 saturated carbocycles. The quantitative estimate of drug-likeness (QED) is 0.896. The third kappa shape index (κ3) is 4.13. The number of halogens is 1. The number of ether oxygens (including phenoxy) is 1. The molecule has 0 unspecified atom stereocenters. The molecular formula is C14H19BrN2O2. The summed E-state index contributed by atoms with van der Waals surface area (Å²) in [6.07, 6.45) is 4.62. The van der Waals surface area contributed by atoms with Crippen molar-refractivity contribution in [2.24, 2.45) is 0 Å². The lowest BCUT2D eigenvalue weighted by atomic mass is 10.2. The summed E-state index contributed by atoms with van der Waals surface area (Å²) in [5.41, 5.74) is 0.750. The van der Waals surface area contributed by atoms with E-state index in [-0.39, 0.29) is 6.03 Å². The van der Waals surface area contributed by atoms with Crippen molar-refractivity contribution in [1.82, 2.24) is 4.90 Å². The van der Waals surface area contributed by atoms with Crippen molar-refractivity contribution >= 4 is 27.6 Å². The van der Waals surface area contributed by atoms with Gasteiger partial charge in [-0.05, 0) is 25.0 Å². The van der Waals surface area contributed by atoms with Gasteiger partial charge in [0.2, 0.25) is 0 Å². The lowest BCUT2D eigenvalue weighted by Gasteiger charge is -2.21. The number of anilines is 1. The van der Waals surface area contributed by atoms with Gasteiger partial charge >= 0.3 is 6.03 Å². The van der Waals surface area contributed by atoms with Gasteiger partial charge < -0.3 is 15.0 Å². The Labute approximate surface area is 122 Å². The first-order chi connectivity index (χ1) is 9.19. The molecule has 1 N–H and O–H groups in total. The number of carbonyl (C=O) groups excluding carboxylic acids is 1. The molecule has 0 atom stereocenters. The van der Waals surface area contributed by atoms with Gasteiger partial charge in [0.15, 0.2) is 0 Å². The molecule has 1 aliphatic heterocycles. The molecule has 1 aromatic rings. The van der Waals surface area contributed by atoms with Gasteiger partial charge in [-0.2, -0.15) is 0 Å². The molecule has 4 nitrogen and oxygen atoms in total. The number of likely N-dealkylation sites (tertiary alicyclic amines) is 1. The van der Waals surface area contributed by atoms with Crippen LogP contribution in [0.5, 0.6) is 5.75 Å². The molecule has 1 fully saturated rings. The molecule has 0 radical (unpaired) electrons. The van der Waals surface area contributed by atoms with Crippen molar-refractivity contribution in [2.75, 3.05) is 25.5 Å². The van der Waals surface area contributed by atoms with Crippen LogP contribution in [-0.2, 0) is 0 Å². The van der Waals surface area contributed by atoms with E-state index in [1.165, 1.54) is 12.8 Å². The van der Waals surface area contributed by atoms with E-state index in [2.05, 4.69) is 21.2 Å². The molecule has 2 rings (SSSR count). The van der Waals surface area contributed by atoms with E-state index < -0.39 is 0 Å². The summed E-state index contributed by atoms with van der Waals surface area (Å²) >= 11 is 3.41. The van der Waals surface area contributed by atoms with E-state index in [4.69, 9.17) is 4.74 Å². The zero-order valence-electron chi connectivity index (χ0n) is 11.1. The first-order valence-electron chi connectivity index (χ1n) is 6.59. The Balaban J connectivity index is 2.03. The van der Waals surface area contributed by atoms with Crippen LogP contribution in [-0.4, -0.2) is 31.1 Å². The van der Waals surface area contributed by atoms with Crippen LogP contribution in [0.4, 0.5) is 10.5 Å². The Kier molecular flexibility index (Phi) is 5.07. The Bertz CT molecular complexity index is 443. The van der Waals surface area contributed by atoms with Crippen molar-refractivity contribution in [1.29, 1.82) is 0 Å². The maximum absolute atomic E-state index is 12.2. The molecule has 2 amide bonds. The normalized spacial score (nSPS) is 15.8. The summed E-state index contributed by atoms with van der Waals surface area (Å²) in [6.45, 7) is 1.69. The van der Waals surface area contributed by atoms with Crippen molar-refractivity contribution in [3.63, 3.8) is 0 Å². The summed E-state index contributed by atoms with van der Waals surface area (Å²) in [4.78, 5) is 14.1. The number of nitrogens with one attached hydrogen (secondary N) is 1. The lowest BCUT2D eigenvalue weighted by Crippen LogP contribution is -2.35. The first-order valence-corrected chi connectivity index (χ1v) is 7.39. The average molecular weight is 327 g/mol. The number of carbonyl (C=O) groups is 1. The fourth-order valence-electron chi connectivity index (χ4n) is 2.23. The summed E-state index contributed by atoms with van der Waals surface area (Å²) in [7, 11) is 1.61. The predicted molar refractivity (Wildman–Crippen MR) is 79.8 cm³/mol. The van der Waals surface area contributed by atoms with Crippen LogP contribution in [0.1, 0.15) is 25.7 Å². The van der Waals surface area contributed by atoms with E-state index in [0.29, 0.717) is 0 Å². The van der Waals surface area contributed by atoms with Crippen LogP contribution in [0, 0.1) is 0 Å². The van der Waals surface area contributed by atoms with Crippen LogP contribution in [0.3, 0.4) is 0 Å². The highest BCUT2D eigenvalue weighted by Gasteiger charge is 2.15. The van der Waals surface area contributed by atoms with Gasteiger partial charge in [0.25, 0.3) is 0 Å². The summed E-state index contributed by atoms with van der Waals surface area (Å²) < 4.78 is 6.07. The van der Waals surface area contributed by atoms with Gasteiger partial charge in [-0.15, -0.1) is 0 Å². The number of rotatable bonds is 2. The predicted octanol–water partition coefficient (Wildman–Crippen LogP) is 3.87. The molecular weight excluding hydrogens is 308 g/mol. The second-order valence-corrected chi connectivity index (χ2v) is 5.63.